The summed E-state index contributed by atoms with van der Waals surface area (Å²) in [5, 5.41) is 0. The minimum atomic E-state index is 1.17. The molecule has 2 nitrogen and oxygen atoms in total. The van der Waals surface area contributed by atoms with Crippen LogP contribution in [0.4, 0.5) is 0 Å². The van der Waals surface area contributed by atoms with Crippen molar-refractivity contribution in [2.75, 3.05) is 0 Å². The van der Waals surface area contributed by atoms with Crippen LogP contribution >= 0.6 is 0 Å². The Morgan fingerprint density at radius 1 is 1.25 bits per heavy atom. The van der Waals surface area contributed by atoms with Crippen molar-refractivity contribution in [1.82, 2.24) is 4.98 Å². The van der Waals surface area contributed by atoms with E-state index >= 15 is 0 Å². The molecule has 0 unspecified atom stereocenters. The molecule has 0 saturated carbocycles. The van der Waals surface area contributed by atoms with Crippen molar-refractivity contribution in [1.29, 1.82) is 0 Å². The van der Waals surface area contributed by atoms with Crippen LogP contribution in [0.25, 0.3) is 5.57 Å². The smallest absolute Gasteiger partial charge is 0.206 e. The molecule has 2 N–H and O–H groups in total. The lowest BCUT2D eigenvalue weighted by molar-refractivity contribution is -0.381. The van der Waals surface area contributed by atoms with E-state index in [0.717, 1.165) is 0 Å². The van der Waals surface area contributed by atoms with Crippen LogP contribution in [0.2, 0.25) is 0 Å². The predicted octanol–water partition coefficient (Wildman–Crippen LogP) is 1.56. The molecule has 1 aliphatic carbocycles. The minimum Gasteiger partial charge on any atom is -0.361 e. The lowest BCUT2D eigenvalue weighted by Crippen LogP contribution is -2.64. The standard InChI is InChI=1S/C14H14N2/c1-4-11(13-6-2-8-15-13)10-12(5-1)14-7-3-9-16-14/h2-3,6-10,15H,1,4-5H2/p+1. The van der Waals surface area contributed by atoms with Crippen LogP contribution in [0.3, 0.4) is 0 Å². The Kier molecular flexibility index (Phi) is 2.33. The number of aromatic amines is 1. The molecule has 2 heteroatoms. The van der Waals surface area contributed by atoms with E-state index in [1.807, 2.05) is 12.4 Å². The van der Waals surface area contributed by atoms with Gasteiger partial charge in [0.15, 0.2) is 6.21 Å². The molecule has 2 heterocycles. The number of allylic oxidation sites excluding steroid dienone is 5. The van der Waals surface area contributed by atoms with Crippen molar-refractivity contribution >= 4 is 11.8 Å². The predicted molar refractivity (Wildman–Crippen MR) is 65.8 cm³/mol. The van der Waals surface area contributed by atoms with Gasteiger partial charge in [0.05, 0.1) is 0 Å². The van der Waals surface area contributed by atoms with Gasteiger partial charge in [-0.05, 0) is 43.0 Å². The summed E-state index contributed by atoms with van der Waals surface area (Å²) in [6.45, 7) is 0. The fourth-order valence-corrected chi connectivity index (χ4v) is 2.31. The normalized spacial score (nSPS) is 23.9. The van der Waals surface area contributed by atoms with Crippen LogP contribution in [-0.4, -0.2) is 11.2 Å². The Labute approximate surface area is 95.1 Å². The minimum absolute atomic E-state index is 1.17. The zero-order chi connectivity index (χ0) is 10.8. The third kappa shape index (κ3) is 1.67. The average molecular weight is 211 g/mol. The zero-order valence-corrected chi connectivity index (χ0v) is 9.16. The third-order valence-corrected chi connectivity index (χ3v) is 3.13. The second kappa shape index (κ2) is 3.97. The number of hydrogen-bond donors (Lipinski definition) is 2. The summed E-state index contributed by atoms with van der Waals surface area (Å²) in [6, 6.07) is 4.20. The van der Waals surface area contributed by atoms with Crippen LogP contribution in [0.1, 0.15) is 25.0 Å². The second-order valence-corrected chi connectivity index (χ2v) is 4.22. The Balaban J connectivity index is 1.99. The first-order valence-electron chi connectivity index (χ1n) is 5.77. The second-order valence-electron chi connectivity index (χ2n) is 4.22. The summed E-state index contributed by atoms with van der Waals surface area (Å²) in [7, 11) is 0. The van der Waals surface area contributed by atoms with Crippen molar-refractivity contribution < 1.29 is 4.99 Å². The molecule has 0 saturated heterocycles. The van der Waals surface area contributed by atoms with Gasteiger partial charge in [0, 0.05) is 29.6 Å². The van der Waals surface area contributed by atoms with Gasteiger partial charge in [-0.25, -0.2) is 4.99 Å². The highest BCUT2D eigenvalue weighted by atomic mass is 14.7. The molecule has 1 aromatic rings. The van der Waals surface area contributed by atoms with Crippen molar-refractivity contribution in [2.24, 2.45) is 0 Å². The van der Waals surface area contributed by atoms with E-state index in [4.69, 9.17) is 0 Å². The quantitative estimate of drug-likeness (QED) is 0.706. The van der Waals surface area contributed by atoms with E-state index in [-0.39, 0.29) is 0 Å². The summed E-state index contributed by atoms with van der Waals surface area (Å²) < 4.78 is 0. The molecule has 0 amide bonds. The maximum Gasteiger partial charge on any atom is 0.206 e. The first-order valence-corrected chi connectivity index (χ1v) is 5.77. The summed E-state index contributed by atoms with van der Waals surface area (Å²) in [6.07, 6.45) is 14.1. The maximum absolute atomic E-state index is 3.28. The van der Waals surface area contributed by atoms with Gasteiger partial charge >= 0.3 is 0 Å². The molecule has 16 heavy (non-hydrogen) atoms. The Hall–Kier alpha value is -1.83. The van der Waals surface area contributed by atoms with E-state index in [9.17, 15) is 0 Å². The SMILES string of the molecule is C1=CC(=C2C=C(c3ccc[nH]3)CCC2)[NH+]=C1. The largest absolute Gasteiger partial charge is 0.361 e. The summed E-state index contributed by atoms with van der Waals surface area (Å²) in [4.78, 5) is 6.56. The molecule has 0 aromatic carbocycles. The van der Waals surface area contributed by atoms with Crippen LogP contribution in [0.15, 0.2) is 47.8 Å². The van der Waals surface area contributed by atoms with Gasteiger partial charge in [0.2, 0.25) is 5.70 Å². The molecule has 2 aliphatic rings. The molecule has 80 valence electrons. The number of hydrogen-bond acceptors (Lipinski definition) is 0. The van der Waals surface area contributed by atoms with Gasteiger partial charge in [-0.15, -0.1) is 0 Å². The number of H-pyrrole nitrogens is 1. The van der Waals surface area contributed by atoms with Crippen LogP contribution < -0.4 is 4.99 Å². The van der Waals surface area contributed by atoms with Crippen molar-refractivity contribution in [3.8, 4) is 0 Å². The molecule has 1 aliphatic heterocycles. The van der Waals surface area contributed by atoms with E-state index in [1.165, 1.54) is 41.8 Å². The van der Waals surface area contributed by atoms with Gasteiger partial charge in [-0.3, -0.25) is 0 Å². The molecule has 0 bridgehead atoms. The van der Waals surface area contributed by atoms with Crippen LogP contribution in [0, 0.1) is 0 Å². The highest BCUT2D eigenvalue weighted by molar-refractivity contribution is 5.71. The number of aromatic nitrogens is 1. The van der Waals surface area contributed by atoms with Gasteiger partial charge in [0.25, 0.3) is 0 Å². The topological polar surface area (TPSA) is 29.8 Å². The highest BCUT2D eigenvalue weighted by Gasteiger charge is 2.15. The van der Waals surface area contributed by atoms with Gasteiger partial charge < -0.3 is 4.98 Å². The van der Waals surface area contributed by atoms with E-state index in [0.29, 0.717) is 0 Å². The number of nitrogens with one attached hydrogen (secondary N) is 2. The molecular formula is C14H15N2+. The maximum atomic E-state index is 3.28. The fraction of sp³-hybridized carbons (Fsp3) is 0.214. The monoisotopic (exact) mass is 211 g/mol. The summed E-state index contributed by atoms with van der Waals surface area (Å²) in [5.74, 6) is 0. The first kappa shape index (κ1) is 9.40. The Morgan fingerprint density at radius 3 is 3.00 bits per heavy atom. The van der Waals surface area contributed by atoms with Crippen LogP contribution in [-0.2, 0) is 0 Å². The van der Waals surface area contributed by atoms with E-state index in [1.54, 1.807) is 0 Å². The van der Waals surface area contributed by atoms with Gasteiger partial charge in [-0.1, -0.05) is 0 Å². The molecule has 0 spiro atoms. The number of rotatable bonds is 1. The van der Waals surface area contributed by atoms with Gasteiger partial charge in [0.1, 0.15) is 0 Å². The Bertz CT molecular complexity index is 485. The molecular weight excluding hydrogens is 196 g/mol. The summed E-state index contributed by atoms with van der Waals surface area (Å²) >= 11 is 0. The molecule has 3 rings (SSSR count). The molecule has 0 fully saturated rings. The molecule has 1 aromatic heterocycles. The zero-order valence-electron chi connectivity index (χ0n) is 9.16. The van der Waals surface area contributed by atoms with E-state index in [2.05, 4.69) is 40.3 Å². The highest BCUT2D eigenvalue weighted by Crippen LogP contribution is 2.29. The average Bonchev–Trinajstić information content (AvgIpc) is 3.03. The molecule has 0 atom stereocenters. The summed E-state index contributed by atoms with van der Waals surface area (Å²) in [5.41, 5.74) is 5.34. The van der Waals surface area contributed by atoms with E-state index < -0.39 is 0 Å². The third-order valence-electron chi connectivity index (χ3n) is 3.13. The lowest BCUT2D eigenvalue weighted by Gasteiger charge is -2.13. The van der Waals surface area contributed by atoms with Crippen molar-refractivity contribution in [2.45, 2.75) is 19.3 Å². The lowest BCUT2D eigenvalue weighted by atomic mass is 9.92. The van der Waals surface area contributed by atoms with Gasteiger partial charge in [-0.2, -0.15) is 0 Å². The molecule has 0 radical (unpaired) electrons. The first-order chi connectivity index (χ1) is 7.93. The fourth-order valence-electron chi connectivity index (χ4n) is 2.31. The van der Waals surface area contributed by atoms with Crippen LogP contribution in [0.5, 0.6) is 0 Å². The Morgan fingerprint density at radius 2 is 2.25 bits per heavy atom. The van der Waals surface area contributed by atoms with Crippen molar-refractivity contribution in [3.05, 3.63) is 53.5 Å². The van der Waals surface area contributed by atoms with Crippen molar-refractivity contribution in [3.63, 3.8) is 0 Å².